The highest BCUT2D eigenvalue weighted by Crippen LogP contribution is 2.26. The lowest BCUT2D eigenvalue weighted by Gasteiger charge is -2.06. The molecule has 2 aromatic rings. The van der Waals surface area contributed by atoms with Crippen molar-refractivity contribution >= 4 is 59.8 Å². The molecule has 0 unspecified atom stereocenters. The van der Waals surface area contributed by atoms with Gasteiger partial charge in [0.25, 0.3) is 14.4 Å². The van der Waals surface area contributed by atoms with E-state index in [0.29, 0.717) is 10.2 Å². The maximum Gasteiger partial charge on any atom is 0.292 e. The first-order chi connectivity index (χ1) is 9.78. The summed E-state index contributed by atoms with van der Waals surface area (Å²) < 4.78 is 26.6. The van der Waals surface area contributed by atoms with Gasteiger partial charge in [0.2, 0.25) is 11.0 Å². The molecule has 0 aliphatic heterocycles. The predicted octanol–water partition coefficient (Wildman–Crippen LogP) is 1.04. The minimum Gasteiger partial charge on any atom is -0.397 e. The van der Waals surface area contributed by atoms with Gasteiger partial charge in [-0.05, 0) is 22.0 Å². The molecule has 0 aliphatic rings. The molecule has 2 aromatic heterocycles. The largest absolute Gasteiger partial charge is 0.397 e. The Labute approximate surface area is 132 Å². The van der Waals surface area contributed by atoms with E-state index in [1.165, 1.54) is 19.2 Å². The fourth-order valence-corrected chi connectivity index (χ4v) is 3.79. The number of hydrogen-bond donors (Lipinski definition) is 3. The lowest BCUT2D eigenvalue weighted by molar-refractivity contribution is -0.114. The second-order valence-electron chi connectivity index (χ2n) is 3.76. The summed E-state index contributed by atoms with van der Waals surface area (Å²) in [6.45, 7) is 1.28. The maximum absolute atomic E-state index is 12.1. The SMILES string of the molecule is CC(=O)Nc1nnc(S(=O)(=O)Nc2ncc(N)cc2Br)s1. The third-order valence-corrected chi connectivity index (χ3v) is 5.16. The van der Waals surface area contributed by atoms with Crippen molar-refractivity contribution in [3.05, 3.63) is 16.7 Å². The zero-order chi connectivity index (χ0) is 15.6. The number of halogens is 1. The fourth-order valence-electron chi connectivity index (χ4n) is 1.22. The van der Waals surface area contributed by atoms with Crippen LogP contribution in [0.1, 0.15) is 6.92 Å². The van der Waals surface area contributed by atoms with Crippen molar-refractivity contribution in [1.29, 1.82) is 0 Å². The van der Waals surface area contributed by atoms with E-state index < -0.39 is 10.0 Å². The molecule has 0 saturated carbocycles. The minimum absolute atomic E-state index is 0.0699. The number of carbonyl (C=O) groups is 1. The highest BCUT2D eigenvalue weighted by atomic mass is 79.9. The van der Waals surface area contributed by atoms with Crippen LogP contribution in [0.4, 0.5) is 16.6 Å². The van der Waals surface area contributed by atoms with Crippen molar-refractivity contribution in [2.45, 2.75) is 11.3 Å². The average Bonchev–Trinajstić information content (AvgIpc) is 2.81. The number of nitrogens with two attached hydrogens (primary N) is 1. The van der Waals surface area contributed by atoms with Crippen molar-refractivity contribution in [2.24, 2.45) is 0 Å². The molecule has 2 heterocycles. The van der Waals surface area contributed by atoms with Crippen LogP contribution in [-0.4, -0.2) is 29.5 Å². The molecule has 4 N–H and O–H groups in total. The zero-order valence-corrected chi connectivity index (χ0v) is 13.7. The van der Waals surface area contributed by atoms with Crippen molar-refractivity contribution < 1.29 is 13.2 Å². The van der Waals surface area contributed by atoms with Crippen LogP contribution in [0, 0.1) is 0 Å². The number of pyridine rings is 1. The Balaban J connectivity index is 2.25. The number of anilines is 3. The lowest BCUT2D eigenvalue weighted by Crippen LogP contribution is -2.14. The Morgan fingerprint density at radius 2 is 2.14 bits per heavy atom. The van der Waals surface area contributed by atoms with Gasteiger partial charge in [0.1, 0.15) is 0 Å². The van der Waals surface area contributed by atoms with Crippen molar-refractivity contribution in [2.75, 3.05) is 15.8 Å². The van der Waals surface area contributed by atoms with E-state index in [1.807, 2.05) is 0 Å². The normalized spacial score (nSPS) is 11.1. The molecule has 0 aromatic carbocycles. The first-order valence-electron chi connectivity index (χ1n) is 5.33. The van der Waals surface area contributed by atoms with Crippen LogP contribution in [0.15, 0.2) is 21.1 Å². The summed E-state index contributed by atoms with van der Waals surface area (Å²) >= 11 is 3.88. The smallest absolute Gasteiger partial charge is 0.292 e. The average molecular weight is 393 g/mol. The Morgan fingerprint density at radius 3 is 2.76 bits per heavy atom. The molecule has 21 heavy (non-hydrogen) atoms. The Morgan fingerprint density at radius 1 is 1.43 bits per heavy atom. The summed E-state index contributed by atoms with van der Waals surface area (Å²) in [6, 6.07) is 1.51. The number of nitrogens with zero attached hydrogens (tertiary/aromatic N) is 3. The van der Waals surface area contributed by atoms with E-state index in [2.05, 4.69) is 41.2 Å². The Hall–Kier alpha value is -1.79. The van der Waals surface area contributed by atoms with Crippen molar-refractivity contribution in [3.63, 3.8) is 0 Å². The molecular formula is C9H9BrN6O3S2. The van der Waals surface area contributed by atoms with Gasteiger partial charge in [-0.25, -0.2) is 4.98 Å². The molecule has 0 atom stereocenters. The number of rotatable bonds is 4. The Kier molecular flexibility index (Phi) is 4.39. The standard InChI is InChI=1S/C9H9BrN6O3S2/c1-4(17)13-8-14-15-9(20-8)21(18,19)16-7-6(10)2-5(11)3-12-7/h2-3H,11H2,1H3,(H,12,16)(H,13,14,17). The second-order valence-corrected chi connectivity index (χ2v) is 7.45. The molecule has 0 spiro atoms. The minimum atomic E-state index is -3.95. The van der Waals surface area contributed by atoms with E-state index in [1.54, 1.807) is 0 Å². The van der Waals surface area contributed by atoms with Gasteiger partial charge >= 0.3 is 0 Å². The number of hydrogen-bond acceptors (Lipinski definition) is 8. The van der Waals surface area contributed by atoms with E-state index >= 15 is 0 Å². The molecular weight excluding hydrogens is 384 g/mol. The van der Waals surface area contributed by atoms with Gasteiger partial charge in [-0.3, -0.25) is 9.52 Å². The van der Waals surface area contributed by atoms with E-state index in [-0.39, 0.29) is 21.2 Å². The summed E-state index contributed by atoms with van der Waals surface area (Å²) in [6.07, 6.45) is 1.31. The quantitative estimate of drug-likeness (QED) is 0.659. The summed E-state index contributed by atoms with van der Waals surface area (Å²) in [5, 5.41) is 9.53. The maximum atomic E-state index is 12.1. The van der Waals surface area contributed by atoms with Crippen LogP contribution in [0.3, 0.4) is 0 Å². The van der Waals surface area contributed by atoms with Crippen molar-refractivity contribution in [3.8, 4) is 0 Å². The van der Waals surface area contributed by atoms with Gasteiger partial charge in [0.05, 0.1) is 16.4 Å². The topological polar surface area (TPSA) is 140 Å². The third-order valence-electron chi connectivity index (χ3n) is 2.01. The van der Waals surface area contributed by atoms with Crippen molar-refractivity contribution in [1.82, 2.24) is 15.2 Å². The van der Waals surface area contributed by atoms with Gasteiger partial charge < -0.3 is 11.1 Å². The van der Waals surface area contributed by atoms with Crippen LogP contribution >= 0.6 is 27.3 Å². The lowest BCUT2D eigenvalue weighted by atomic mass is 10.4. The summed E-state index contributed by atoms with van der Waals surface area (Å²) in [5.74, 6) is -0.300. The van der Waals surface area contributed by atoms with Gasteiger partial charge in [-0.1, -0.05) is 11.3 Å². The molecule has 0 saturated heterocycles. The van der Waals surface area contributed by atoms with Crippen LogP contribution in [0.25, 0.3) is 0 Å². The monoisotopic (exact) mass is 392 g/mol. The molecule has 0 fully saturated rings. The number of aromatic nitrogens is 3. The van der Waals surface area contributed by atoms with E-state index in [9.17, 15) is 13.2 Å². The molecule has 1 amide bonds. The number of nitrogens with one attached hydrogen (secondary N) is 2. The molecule has 0 radical (unpaired) electrons. The zero-order valence-electron chi connectivity index (χ0n) is 10.5. The number of amides is 1. The molecule has 9 nitrogen and oxygen atoms in total. The highest BCUT2D eigenvalue weighted by Gasteiger charge is 2.22. The van der Waals surface area contributed by atoms with Crippen LogP contribution < -0.4 is 15.8 Å². The Bertz CT molecular complexity index is 791. The second kappa shape index (κ2) is 5.91. The molecule has 0 bridgehead atoms. The number of carbonyl (C=O) groups excluding carboxylic acids is 1. The summed E-state index contributed by atoms with van der Waals surface area (Å²) in [7, 11) is -3.95. The number of sulfonamides is 1. The first kappa shape index (κ1) is 15.6. The van der Waals surface area contributed by atoms with Gasteiger partial charge in [-0.15, -0.1) is 10.2 Å². The third kappa shape index (κ3) is 3.86. The highest BCUT2D eigenvalue weighted by molar-refractivity contribution is 9.10. The van der Waals surface area contributed by atoms with Gasteiger partial charge in [-0.2, -0.15) is 8.42 Å². The molecule has 0 aliphatic carbocycles. The van der Waals surface area contributed by atoms with Crippen LogP contribution in [-0.2, 0) is 14.8 Å². The van der Waals surface area contributed by atoms with Gasteiger partial charge in [0.15, 0.2) is 5.82 Å². The van der Waals surface area contributed by atoms with Crippen LogP contribution in [0.2, 0.25) is 0 Å². The van der Waals surface area contributed by atoms with Crippen LogP contribution in [0.5, 0.6) is 0 Å². The predicted molar refractivity (Wildman–Crippen MR) is 81.4 cm³/mol. The summed E-state index contributed by atoms with van der Waals surface area (Å²) in [4.78, 5) is 14.7. The number of nitrogen functional groups attached to an aromatic ring is 1. The van der Waals surface area contributed by atoms with E-state index in [0.717, 1.165) is 11.3 Å². The summed E-state index contributed by atoms with van der Waals surface area (Å²) in [5.41, 5.74) is 5.90. The fraction of sp³-hybridized carbons (Fsp3) is 0.111. The first-order valence-corrected chi connectivity index (χ1v) is 8.42. The van der Waals surface area contributed by atoms with Gasteiger partial charge in [0, 0.05) is 6.92 Å². The molecule has 2 rings (SSSR count). The van der Waals surface area contributed by atoms with E-state index in [4.69, 9.17) is 5.73 Å². The molecule has 112 valence electrons. The molecule has 12 heteroatoms.